The van der Waals surface area contributed by atoms with Crippen LogP contribution >= 0.6 is 23.4 Å². The Balaban J connectivity index is 2.01. The van der Waals surface area contributed by atoms with Crippen LogP contribution in [0.1, 0.15) is 31.7 Å². The summed E-state index contributed by atoms with van der Waals surface area (Å²) in [4.78, 5) is 12.2. The molecule has 112 valence electrons. The number of nitrogens with one attached hydrogen (secondary N) is 1. The number of nitrogens with zero attached hydrogens (tertiary/aromatic N) is 2. The van der Waals surface area contributed by atoms with E-state index in [0.717, 1.165) is 42.4 Å². The smallest absolute Gasteiger partial charge is 0.140 e. The van der Waals surface area contributed by atoms with E-state index in [2.05, 4.69) is 10.4 Å². The molecule has 0 saturated carbocycles. The normalized spacial score (nSPS) is 19.2. The van der Waals surface area contributed by atoms with Gasteiger partial charge < -0.3 is 5.32 Å². The predicted molar refractivity (Wildman–Crippen MR) is 84.7 cm³/mol. The lowest BCUT2D eigenvalue weighted by Crippen LogP contribution is -2.39. The molecule has 1 fully saturated rings. The molecule has 1 aromatic heterocycles. The summed E-state index contributed by atoms with van der Waals surface area (Å²) in [6.45, 7) is 5.80. The lowest BCUT2D eigenvalue weighted by molar-refractivity contribution is -0.118. The highest BCUT2D eigenvalue weighted by Gasteiger charge is 2.21. The third-order valence-electron chi connectivity index (χ3n) is 3.53. The van der Waals surface area contributed by atoms with Gasteiger partial charge in [0.15, 0.2) is 0 Å². The van der Waals surface area contributed by atoms with Gasteiger partial charge in [0.1, 0.15) is 5.78 Å². The summed E-state index contributed by atoms with van der Waals surface area (Å²) in [7, 11) is 0. The van der Waals surface area contributed by atoms with E-state index in [4.69, 9.17) is 11.6 Å². The molecule has 1 atom stereocenters. The van der Waals surface area contributed by atoms with Gasteiger partial charge in [0, 0.05) is 43.5 Å². The molecule has 0 aromatic carbocycles. The van der Waals surface area contributed by atoms with Crippen molar-refractivity contribution in [1.82, 2.24) is 15.1 Å². The molecule has 0 radical (unpaired) electrons. The standard InChI is InChI=1S/C14H22ClN3OS/c1-3-12-14(15)13(18(4-2)17-12)8-11(19)7-10-9-20-6-5-16-10/h10,16H,3-9H2,1-2H3. The van der Waals surface area contributed by atoms with E-state index in [1.165, 1.54) is 0 Å². The van der Waals surface area contributed by atoms with Gasteiger partial charge in [0.25, 0.3) is 0 Å². The van der Waals surface area contributed by atoms with Crippen LogP contribution in [0, 0.1) is 0 Å². The molecule has 0 amide bonds. The molecule has 0 bridgehead atoms. The molecule has 20 heavy (non-hydrogen) atoms. The van der Waals surface area contributed by atoms with Crippen molar-refractivity contribution < 1.29 is 4.79 Å². The molecule has 1 unspecified atom stereocenters. The summed E-state index contributed by atoms with van der Waals surface area (Å²) in [6, 6.07) is 0.309. The minimum absolute atomic E-state index is 0.240. The molecule has 0 spiro atoms. The van der Waals surface area contributed by atoms with Crippen LogP contribution in [0.25, 0.3) is 0 Å². The topological polar surface area (TPSA) is 46.9 Å². The van der Waals surface area contributed by atoms with Crippen molar-refractivity contribution in [3.63, 3.8) is 0 Å². The summed E-state index contributed by atoms with van der Waals surface area (Å²) in [5.74, 6) is 2.40. The van der Waals surface area contributed by atoms with Crippen molar-refractivity contribution >= 4 is 29.1 Å². The molecule has 1 N–H and O–H groups in total. The first kappa shape index (κ1) is 15.9. The van der Waals surface area contributed by atoms with E-state index in [-0.39, 0.29) is 5.78 Å². The zero-order valence-electron chi connectivity index (χ0n) is 12.1. The Morgan fingerprint density at radius 3 is 2.95 bits per heavy atom. The Kier molecular flexibility index (Phi) is 5.93. The van der Waals surface area contributed by atoms with E-state index < -0.39 is 0 Å². The molecule has 4 nitrogen and oxygen atoms in total. The first-order chi connectivity index (χ1) is 9.65. The Hall–Kier alpha value is -0.520. The van der Waals surface area contributed by atoms with E-state index in [0.29, 0.717) is 23.9 Å². The van der Waals surface area contributed by atoms with Crippen molar-refractivity contribution in [2.45, 2.75) is 45.7 Å². The van der Waals surface area contributed by atoms with Crippen LogP contribution in [-0.4, -0.2) is 39.7 Å². The second-order valence-corrected chi connectivity index (χ2v) is 6.55. The van der Waals surface area contributed by atoms with Crippen molar-refractivity contribution in [3.8, 4) is 0 Å². The molecular formula is C14H22ClN3OS. The maximum absolute atomic E-state index is 12.2. The Morgan fingerprint density at radius 2 is 2.35 bits per heavy atom. The van der Waals surface area contributed by atoms with Gasteiger partial charge in [-0.3, -0.25) is 9.48 Å². The number of aromatic nitrogens is 2. The minimum atomic E-state index is 0.240. The number of thioether (sulfide) groups is 1. The second-order valence-electron chi connectivity index (χ2n) is 5.02. The molecule has 1 aliphatic rings. The zero-order valence-corrected chi connectivity index (χ0v) is 13.7. The molecule has 2 heterocycles. The van der Waals surface area contributed by atoms with Crippen molar-refractivity contribution in [2.24, 2.45) is 0 Å². The summed E-state index contributed by atoms with van der Waals surface area (Å²) >= 11 is 8.25. The van der Waals surface area contributed by atoms with Gasteiger partial charge in [-0.1, -0.05) is 18.5 Å². The van der Waals surface area contributed by atoms with Crippen molar-refractivity contribution in [3.05, 3.63) is 16.4 Å². The van der Waals surface area contributed by atoms with E-state index in [9.17, 15) is 4.79 Å². The van der Waals surface area contributed by atoms with Crippen LogP contribution in [0.3, 0.4) is 0 Å². The molecular weight excluding hydrogens is 294 g/mol. The van der Waals surface area contributed by atoms with Gasteiger partial charge in [0.2, 0.25) is 0 Å². The van der Waals surface area contributed by atoms with E-state index >= 15 is 0 Å². The molecule has 1 aliphatic heterocycles. The highest BCUT2D eigenvalue weighted by molar-refractivity contribution is 7.99. The quantitative estimate of drug-likeness (QED) is 0.875. The number of halogens is 1. The monoisotopic (exact) mass is 315 g/mol. The number of ketones is 1. The number of carbonyl (C=O) groups excluding carboxylic acids is 1. The van der Waals surface area contributed by atoms with Gasteiger partial charge >= 0.3 is 0 Å². The van der Waals surface area contributed by atoms with Gasteiger partial charge in [-0.15, -0.1) is 0 Å². The van der Waals surface area contributed by atoms with E-state index in [1.807, 2.05) is 30.3 Å². The number of Topliss-reactive ketones (excluding diaryl/α,β-unsaturated/α-hetero) is 1. The van der Waals surface area contributed by atoms with E-state index in [1.54, 1.807) is 0 Å². The number of rotatable bonds is 6. The molecule has 1 saturated heterocycles. The van der Waals surface area contributed by atoms with Crippen LogP contribution in [0.4, 0.5) is 0 Å². The molecule has 0 aliphatic carbocycles. The maximum Gasteiger partial charge on any atom is 0.140 e. The average Bonchev–Trinajstić information content (AvgIpc) is 2.76. The Bertz CT molecular complexity index is 469. The zero-order chi connectivity index (χ0) is 14.5. The van der Waals surface area contributed by atoms with Crippen LogP contribution in [0.5, 0.6) is 0 Å². The number of hydrogen-bond acceptors (Lipinski definition) is 4. The SMILES string of the molecule is CCc1nn(CC)c(CC(=O)CC2CSCCN2)c1Cl. The summed E-state index contributed by atoms with van der Waals surface area (Å²) in [5.41, 5.74) is 1.77. The van der Waals surface area contributed by atoms with Gasteiger partial charge in [0.05, 0.1) is 16.4 Å². The molecule has 2 rings (SSSR count). The fourth-order valence-electron chi connectivity index (χ4n) is 2.47. The first-order valence-electron chi connectivity index (χ1n) is 7.22. The lowest BCUT2D eigenvalue weighted by atomic mass is 10.1. The number of hydrogen-bond donors (Lipinski definition) is 1. The maximum atomic E-state index is 12.2. The minimum Gasteiger partial charge on any atom is -0.312 e. The predicted octanol–water partition coefficient (Wildman–Crippen LogP) is 2.33. The number of carbonyl (C=O) groups is 1. The summed E-state index contributed by atoms with van der Waals surface area (Å²) in [6.07, 6.45) is 1.77. The van der Waals surface area contributed by atoms with Crippen LogP contribution in [-0.2, 0) is 24.2 Å². The van der Waals surface area contributed by atoms with Gasteiger partial charge in [-0.25, -0.2) is 0 Å². The molecule has 6 heteroatoms. The van der Waals surface area contributed by atoms with Crippen molar-refractivity contribution in [2.75, 3.05) is 18.1 Å². The van der Waals surface area contributed by atoms with Crippen LogP contribution < -0.4 is 5.32 Å². The molecule has 1 aromatic rings. The fourth-order valence-corrected chi connectivity index (χ4v) is 3.76. The highest BCUT2D eigenvalue weighted by Crippen LogP contribution is 2.23. The second kappa shape index (κ2) is 7.48. The van der Waals surface area contributed by atoms with Gasteiger partial charge in [-0.05, 0) is 13.3 Å². The van der Waals surface area contributed by atoms with Gasteiger partial charge in [-0.2, -0.15) is 16.9 Å². The summed E-state index contributed by atoms with van der Waals surface area (Å²) in [5, 5.41) is 8.53. The Labute approximate surface area is 129 Å². The Morgan fingerprint density at radius 1 is 1.55 bits per heavy atom. The first-order valence-corrected chi connectivity index (χ1v) is 8.75. The van der Waals surface area contributed by atoms with Crippen molar-refractivity contribution in [1.29, 1.82) is 0 Å². The van der Waals surface area contributed by atoms with Crippen LogP contribution in [0.2, 0.25) is 5.02 Å². The highest BCUT2D eigenvalue weighted by atomic mass is 35.5. The lowest BCUT2D eigenvalue weighted by Gasteiger charge is -2.22. The average molecular weight is 316 g/mol. The fraction of sp³-hybridized carbons (Fsp3) is 0.714. The third-order valence-corrected chi connectivity index (χ3v) is 5.10. The van der Waals surface area contributed by atoms with Crippen LogP contribution in [0.15, 0.2) is 0 Å². The third kappa shape index (κ3) is 3.77. The number of aryl methyl sites for hydroxylation is 2. The largest absolute Gasteiger partial charge is 0.312 e. The summed E-state index contributed by atoms with van der Waals surface area (Å²) < 4.78 is 1.86.